The number of para-hydroxylation sites is 4. The van der Waals surface area contributed by atoms with Crippen molar-refractivity contribution in [3.05, 3.63) is 348 Å². The lowest BCUT2D eigenvalue weighted by molar-refractivity contribution is 0.728. The predicted molar refractivity (Wildman–Crippen MR) is 354 cm³/mol. The van der Waals surface area contributed by atoms with Crippen molar-refractivity contribution in [1.29, 1.82) is 0 Å². The Kier molecular flexibility index (Phi) is 10.6. The second-order valence-corrected chi connectivity index (χ2v) is 23.0. The zero-order valence-corrected chi connectivity index (χ0v) is 46.8. The summed E-state index contributed by atoms with van der Waals surface area (Å²) in [4.78, 5) is 4.93. The summed E-state index contributed by atoms with van der Waals surface area (Å²) in [5, 5.41) is 12.5. The van der Waals surface area contributed by atoms with Crippen LogP contribution in [0.1, 0.15) is 44.5 Å². The summed E-state index contributed by atoms with van der Waals surface area (Å²) < 4.78 is 0. The van der Waals surface area contributed by atoms with Crippen LogP contribution in [-0.2, 0) is 10.8 Å². The van der Waals surface area contributed by atoms with Gasteiger partial charge >= 0.3 is 0 Å². The minimum Gasteiger partial charge on any atom is -0.344 e. The van der Waals surface area contributed by atoms with E-state index in [2.05, 4.69) is 327 Å². The number of nitrogens with zero attached hydrogens (tertiary/aromatic N) is 2. The zero-order chi connectivity index (χ0) is 55.7. The van der Waals surface area contributed by atoms with E-state index in [9.17, 15) is 0 Å². The van der Waals surface area contributed by atoms with Crippen LogP contribution in [0.4, 0.5) is 22.7 Å². The summed E-state index contributed by atoms with van der Waals surface area (Å²) in [7, 11) is 4.55. The molecule has 0 spiro atoms. The van der Waals surface area contributed by atoms with Crippen molar-refractivity contribution >= 4 is 76.6 Å². The van der Waals surface area contributed by atoms with Crippen LogP contribution >= 0.6 is 0 Å². The van der Waals surface area contributed by atoms with Crippen LogP contribution < -0.4 is 9.80 Å². The molecule has 0 amide bonds. The van der Waals surface area contributed by atoms with Gasteiger partial charge in [0.25, 0.3) is 0 Å². The van der Waals surface area contributed by atoms with Crippen LogP contribution in [0.15, 0.2) is 303 Å². The Morgan fingerprint density at radius 1 is 0.238 bits per heavy atom. The number of benzene rings is 15. The molecular formula is C82H56N2. The molecule has 0 atom stereocenters. The van der Waals surface area contributed by atoms with Gasteiger partial charge in [0.05, 0.1) is 22.2 Å². The molecular weight excluding hydrogens is 1010 g/mol. The molecule has 2 aliphatic heterocycles. The highest BCUT2D eigenvalue weighted by Crippen LogP contribution is 2.61. The summed E-state index contributed by atoms with van der Waals surface area (Å²) in [5.74, 6) is 0. The molecule has 84 heavy (non-hydrogen) atoms. The van der Waals surface area contributed by atoms with Crippen molar-refractivity contribution in [1.82, 2.24) is 0 Å². The Morgan fingerprint density at radius 2 is 0.595 bits per heavy atom. The second-order valence-electron chi connectivity index (χ2n) is 23.0. The maximum Gasteiger partial charge on any atom is 0.0742 e. The largest absolute Gasteiger partial charge is 0.344 e. The average Bonchev–Trinajstić information content (AvgIpc) is 0.883. The fraction of sp³-hybridized carbons (Fsp3) is 0.0488. The van der Waals surface area contributed by atoms with E-state index >= 15 is 0 Å². The van der Waals surface area contributed by atoms with Crippen molar-refractivity contribution in [2.75, 3.05) is 23.9 Å². The van der Waals surface area contributed by atoms with Gasteiger partial charge in [-0.25, -0.2) is 0 Å². The summed E-state index contributed by atoms with van der Waals surface area (Å²) in [6.45, 7) is 0. The second kappa shape index (κ2) is 18.5. The van der Waals surface area contributed by atoms with E-state index in [1.807, 2.05) is 0 Å². The van der Waals surface area contributed by atoms with Crippen LogP contribution in [0.5, 0.6) is 0 Å². The van der Waals surface area contributed by atoms with E-state index in [0.29, 0.717) is 0 Å². The molecule has 2 aliphatic rings. The highest BCUT2D eigenvalue weighted by molar-refractivity contribution is 6.30. The van der Waals surface area contributed by atoms with Gasteiger partial charge < -0.3 is 9.80 Å². The summed E-state index contributed by atoms with van der Waals surface area (Å²) in [5.41, 5.74) is 20.8. The van der Waals surface area contributed by atoms with Crippen molar-refractivity contribution in [2.24, 2.45) is 0 Å². The smallest absolute Gasteiger partial charge is 0.0742 e. The third-order valence-corrected chi connectivity index (χ3v) is 19.1. The average molecular weight is 1070 g/mol. The van der Waals surface area contributed by atoms with Gasteiger partial charge in [-0.3, -0.25) is 0 Å². The predicted octanol–water partition coefficient (Wildman–Crippen LogP) is 20.8. The van der Waals surface area contributed by atoms with Gasteiger partial charge in [-0.2, -0.15) is 0 Å². The normalized spacial score (nSPS) is 14.0. The molecule has 2 heteroatoms. The van der Waals surface area contributed by atoms with Gasteiger partial charge in [0.2, 0.25) is 0 Å². The van der Waals surface area contributed by atoms with E-state index in [1.165, 1.54) is 155 Å². The third kappa shape index (κ3) is 6.57. The zero-order valence-electron chi connectivity index (χ0n) is 46.8. The Bertz CT molecular complexity index is 4780. The van der Waals surface area contributed by atoms with Gasteiger partial charge in [0.15, 0.2) is 0 Å². The first-order valence-corrected chi connectivity index (χ1v) is 29.4. The van der Waals surface area contributed by atoms with E-state index in [0.717, 1.165) is 0 Å². The Balaban J connectivity index is 1.01. The van der Waals surface area contributed by atoms with Crippen LogP contribution in [0.3, 0.4) is 0 Å². The van der Waals surface area contributed by atoms with E-state index in [4.69, 9.17) is 0 Å². The number of hydrogen-bond acceptors (Lipinski definition) is 2. The molecule has 2 nitrogen and oxygen atoms in total. The third-order valence-electron chi connectivity index (χ3n) is 19.1. The Morgan fingerprint density at radius 3 is 1.07 bits per heavy atom. The van der Waals surface area contributed by atoms with E-state index in [1.54, 1.807) is 0 Å². The molecule has 0 saturated heterocycles. The number of rotatable bonds is 7. The van der Waals surface area contributed by atoms with E-state index in [-0.39, 0.29) is 0 Å². The maximum atomic E-state index is 2.55. The molecule has 15 aromatic carbocycles. The molecule has 0 aromatic heterocycles. The van der Waals surface area contributed by atoms with Crippen molar-refractivity contribution in [3.63, 3.8) is 0 Å². The fourth-order valence-corrected chi connectivity index (χ4v) is 15.8. The highest BCUT2D eigenvalue weighted by atomic mass is 15.1. The van der Waals surface area contributed by atoms with Gasteiger partial charge in [-0.05, 0) is 145 Å². The molecule has 0 radical (unpaired) electrons. The SMILES string of the molecule is CN1c2ccccc2C(c2ccccc2)(c2ccccc2)c2cccc(-c3cccc4c(-c5cc6cccc7ccc8cccc5c8c76)c5cccc(-c6cccc7c6N(C)c6ccccc6C7(c6ccccc6)c6ccccc6)c5cc34)c21. The number of hydrogen-bond donors (Lipinski definition) is 0. The van der Waals surface area contributed by atoms with Crippen molar-refractivity contribution < 1.29 is 0 Å². The summed E-state index contributed by atoms with van der Waals surface area (Å²) in [6, 6.07) is 114. The molecule has 15 aromatic rings. The highest BCUT2D eigenvalue weighted by Gasteiger charge is 2.48. The van der Waals surface area contributed by atoms with Gasteiger partial charge in [0.1, 0.15) is 0 Å². The molecule has 394 valence electrons. The van der Waals surface area contributed by atoms with Crippen molar-refractivity contribution in [3.8, 4) is 33.4 Å². The monoisotopic (exact) mass is 1070 g/mol. The maximum absolute atomic E-state index is 2.55. The van der Waals surface area contributed by atoms with Crippen LogP contribution in [-0.4, -0.2) is 14.1 Å². The molecule has 0 aliphatic carbocycles. The fourth-order valence-electron chi connectivity index (χ4n) is 15.8. The Hall–Kier alpha value is -10.5. The first-order valence-electron chi connectivity index (χ1n) is 29.4. The number of fused-ring (bicyclic) bond motifs is 6. The minimum absolute atomic E-state index is 0.613. The van der Waals surface area contributed by atoms with Gasteiger partial charge in [0, 0.05) is 36.6 Å². The van der Waals surface area contributed by atoms with Gasteiger partial charge in [-0.1, -0.05) is 279 Å². The molecule has 17 rings (SSSR count). The summed E-state index contributed by atoms with van der Waals surface area (Å²) >= 11 is 0. The first-order chi connectivity index (χ1) is 41.5. The molecule has 2 heterocycles. The summed E-state index contributed by atoms with van der Waals surface area (Å²) in [6.07, 6.45) is 0. The standard InChI is InChI=1S/C82H56N2/c1-83-74-47-17-15-43-70(74)81(56-28-7-3-8-29-56,57-30-9-4-10-31-57)72-45-23-41-65(79(72)83)60-36-21-39-62-67(60)52-68-61(37-22-40-63(68)78(62)69-51-55-27-19-25-53-49-50-54-26-20-38-64(69)77(54)76(53)55)66-42-24-46-73-80(66)84(2)75-48-18-16-44-71(75)82(73,58-32-11-5-12-33-58)59-34-13-6-14-35-59/h3-52H,1-2H3. The van der Waals surface area contributed by atoms with Crippen LogP contribution in [0.2, 0.25) is 0 Å². The molecule has 0 unspecified atom stereocenters. The van der Waals surface area contributed by atoms with Gasteiger partial charge in [-0.15, -0.1) is 0 Å². The topological polar surface area (TPSA) is 6.48 Å². The van der Waals surface area contributed by atoms with E-state index < -0.39 is 10.8 Å². The lowest BCUT2D eigenvalue weighted by Gasteiger charge is -2.46. The quantitative estimate of drug-likeness (QED) is 0.116. The first kappa shape index (κ1) is 48.2. The number of anilines is 4. The minimum atomic E-state index is -0.613. The molecule has 0 fully saturated rings. The molecule has 0 saturated carbocycles. The van der Waals surface area contributed by atoms with Crippen LogP contribution in [0, 0.1) is 0 Å². The molecule has 0 N–H and O–H groups in total. The lowest BCUT2D eigenvalue weighted by atomic mass is 9.62. The molecule has 0 bridgehead atoms. The van der Waals surface area contributed by atoms with Crippen molar-refractivity contribution in [2.45, 2.75) is 10.8 Å². The lowest BCUT2D eigenvalue weighted by Crippen LogP contribution is -2.38. The van der Waals surface area contributed by atoms with Crippen LogP contribution in [0.25, 0.3) is 87.2 Å². The Labute approximate surface area is 489 Å².